The molecule has 3 aromatic heterocycles. The third-order valence-electron chi connectivity index (χ3n) is 3.98. The first kappa shape index (κ1) is 14.5. The van der Waals surface area contributed by atoms with Crippen molar-refractivity contribution < 1.29 is 8.94 Å². The van der Waals surface area contributed by atoms with Gasteiger partial charge in [0.2, 0.25) is 11.7 Å². The average Bonchev–Trinajstić information content (AvgIpc) is 3.36. The number of hydrogen-bond donors (Lipinski definition) is 0. The Morgan fingerprint density at radius 1 is 0.731 bits per heavy atom. The summed E-state index contributed by atoms with van der Waals surface area (Å²) in [5, 5.41) is 4.05. The molecule has 0 radical (unpaired) electrons. The molecule has 6 nitrogen and oxygen atoms in total. The summed E-state index contributed by atoms with van der Waals surface area (Å²) in [4.78, 5) is 13.2. The van der Waals surface area contributed by atoms with E-state index < -0.39 is 0 Å². The van der Waals surface area contributed by atoms with E-state index in [-0.39, 0.29) is 0 Å². The number of fused-ring (bicyclic) bond motifs is 1. The summed E-state index contributed by atoms with van der Waals surface area (Å²) in [6, 6.07) is 21.0. The molecule has 0 amide bonds. The Labute approximate surface area is 148 Å². The second-order valence-electron chi connectivity index (χ2n) is 5.71. The van der Waals surface area contributed by atoms with Gasteiger partial charge in [0.05, 0.1) is 0 Å². The Morgan fingerprint density at radius 2 is 1.62 bits per heavy atom. The molecule has 5 rings (SSSR count). The summed E-state index contributed by atoms with van der Waals surface area (Å²) in [5.41, 5.74) is 3.82. The molecule has 0 saturated heterocycles. The summed E-state index contributed by atoms with van der Waals surface area (Å²) < 4.78 is 11.2. The minimum atomic E-state index is 0.380. The normalized spacial score (nSPS) is 11.1. The quantitative estimate of drug-likeness (QED) is 0.477. The number of nitrogens with zero attached hydrogens (tertiary/aromatic N) is 4. The molecule has 0 saturated carbocycles. The largest absolute Gasteiger partial charge is 0.436 e. The summed E-state index contributed by atoms with van der Waals surface area (Å²) >= 11 is 0. The highest BCUT2D eigenvalue weighted by atomic mass is 16.5. The van der Waals surface area contributed by atoms with Crippen molar-refractivity contribution in [1.29, 1.82) is 0 Å². The molecule has 0 unspecified atom stereocenters. The molecule has 0 N–H and O–H groups in total. The molecule has 0 spiro atoms. The van der Waals surface area contributed by atoms with Gasteiger partial charge >= 0.3 is 0 Å². The minimum absolute atomic E-state index is 0.380. The van der Waals surface area contributed by atoms with Crippen LogP contribution in [-0.2, 0) is 0 Å². The van der Waals surface area contributed by atoms with Crippen molar-refractivity contribution in [2.45, 2.75) is 0 Å². The SMILES string of the molecule is c1ccc(-c2nc3cc(-c4noc(-c5ccccn5)n4)ccc3o2)cc1. The monoisotopic (exact) mass is 340 g/mol. The first-order valence-electron chi connectivity index (χ1n) is 8.08. The van der Waals surface area contributed by atoms with Crippen molar-refractivity contribution in [2.75, 3.05) is 0 Å². The minimum Gasteiger partial charge on any atom is -0.436 e. The van der Waals surface area contributed by atoms with Crippen molar-refractivity contribution in [1.82, 2.24) is 20.1 Å². The zero-order valence-electron chi connectivity index (χ0n) is 13.5. The highest BCUT2D eigenvalue weighted by molar-refractivity contribution is 5.81. The summed E-state index contributed by atoms with van der Waals surface area (Å²) in [6.07, 6.45) is 1.69. The van der Waals surface area contributed by atoms with E-state index in [0.717, 1.165) is 16.6 Å². The van der Waals surface area contributed by atoms with Crippen molar-refractivity contribution in [3.8, 4) is 34.4 Å². The Bertz CT molecular complexity index is 1180. The van der Waals surface area contributed by atoms with Gasteiger partial charge in [0, 0.05) is 17.3 Å². The van der Waals surface area contributed by atoms with E-state index in [0.29, 0.717) is 28.9 Å². The van der Waals surface area contributed by atoms with Crippen LogP contribution < -0.4 is 0 Å². The summed E-state index contributed by atoms with van der Waals surface area (Å²) in [5.74, 6) is 1.45. The molecule has 124 valence electrons. The van der Waals surface area contributed by atoms with Gasteiger partial charge in [0.25, 0.3) is 5.89 Å². The number of aromatic nitrogens is 4. The zero-order valence-corrected chi connectivity index (χ0v) is 13.5. The van der Waals surface area contributed by atoms with E-state index >= 15 is 0 Å². The molecule has 0 aliphatic carbocycles. The lowest BCUT2D eigenvalue weighted by molar-refractivity contribution is 0.431. The first-order chi connectivity index (χ1) is 12.9. The van der Waals surface area contributed by atoms with Crippen molar-refractivity contribution in [2.24, 2.45) is 0 Å². The van der Waals surface area contributed by atoms with Crippen LogP contribution >= 0.6 is 0 Å². The molecule has 0 aliphatic heterocycles. The summed E-state index contributed by atoms with van der Waals surface area (Å²) in [6.45, 7) is 0. The van der Waals surface area contributed by atoms with Crippen LogP contribution in [0, 0.1) is 0 Å². The van der Waals surface area contributed by atoms with Gasteiger partial charge in [-0.25, -0.2) is 4.98 Å². The fourth-order valence-corrected chi connectivity index (χ4v) is 2.70. The van der Waals surface area contributed by atoms with Crippen LogP contribution in [0.2, 0.25) is 0 Å². The number of benzene rings is 2. The highest BCUT2D eigenvalue weighted by Gasteiger charge is 2.14. The van der Waals surface area contributed by atoms with Crippen LogP contribution in [0.3, 0.4) is 0 Å². The Morgan fingerprint density at radius 3 is 2.46 bits per heavy atom. The maximum atomic E-state index is 5.83. The van der Waals surface area contributed by atoms with Gasteiger partial charge in [-0.2, -0.15) is 4.98 Å². The van der Waals surface area contributed by atoms with E-state index in [1.807, 2.05) is 66.7 Å². The maximum absolute atomic E-state index is 5.83. The van der Waals surface area contributed by atoms with Crippen LogP contribution in [0.5, 0.6) is 0 Å². The van der Waals surface area contributed by atoms with Gasteiger partial charge in [-0.05, 0) is 42.5 Å². The van der Waals surface area contributed by atoms with Crippen molar-refractivity contribution in [3.05, 3.63) is 72.9 Å². The van der Waals surface area contributed by atoms with E-state index in [1.165, 1.54) is 0 Å². The molecule has 0 fully saturated rings. The Hall–Kier alpha value is -3.80. The molecule has 26 heavy (non-hydrogen) atoms. The molecular weight excluding hydrogens is 328 g/mol. The highest BCUT2D eigenvalue weighted by Crippen LogP contribution is 2.28. The third-order valence-corrected chi connectivity index (χ3v) is 3.98. The average molecular weight is 340 g/mol. The predicted molar refractivity (Wildman–Crippen MR) is 96.0 cm³/mol. The number of oxazole rings is 1. The predicted octanol–water partition coefficient (Wildman–Crippen LogP) is 4.61. The molecule has 0 bridgehead atoms. The van der Waals surface area contributed by atoms with Gasteiger partial charge in [0.15, 0.2) is 5.58 Å². The Kier molecular flexibility index (Phi) is 3.31. The smallest absolute Gasteiger partial charge is 0.276 e. The molecule has 5 aromatic rings. The zero-order chi connectivity index (χ0) is 17.3. The number of hydrogen-bond acceptors (Lipinski definition) is 6. The van der Waals surface area contributed by atoms with E-state index in [9.17, 15) is 0 Å². The maximum Gasteiger partial charge on any atom is 0.276 e. The van der Waals surface area contributed by atoms with Gasteiger partial charge in [-0.1, -0.05) is 29.4 Å². The van der Waals surface area contributed by atoms with Crippen molar-refractivity contribution >= 4 is 11.1 Å². The first-order valence-corrected chi connectivity index (χ1v) is 8.08. The van der Waals surface area contributed by atoms with Gasteiger partial charge in [0.1, 0.15) is 11.2 Å². The van der Waals surface area contributed by atoms with Crippen LogP contribution in [0.1, 0.15) is 0 Å². The lowest BCUT2D eigenvalue weighted by Gasteiger charge is -1.93. The molecule has 6 heteroatoms. The molecule has 0 aliphatic rings. The topological polar surface area (TPSA) is 77.8 Å². The second-order valence-corrected chi connectivity index (χ2v) is 5.71. The fourth-order valence-electron chi connectivity index (χ4n) is 2.70. The molecule has 0 atom stereocenters. The third kappa shape index (κ3) is 2.53. The number of pyridine rings is 1. The number of rotatable bonds is 3. The van der Waals surface area contributed by atoms with Gasteiger partial charge < -0.3 is 8.94 Å². The molecule has 2 aromatic carbocycles. The molecule has 3 heterocycles. The summed E-state index contributed by atoms with van der Waals surface area (Å²) in [7, 11) is 0. The van der Waals surface area contributed by atoms with Gasteiger partial charge in [-0.3, -0.25) is 4.98 Å². The van der Waals surface area contributed by atoms with E-state index in [4.69, 9.17) is 8.94 Å². The Balaban J connectivity index is 1.53. The standard InChI is InChI=1S/C20H12N4O2/c1-2-6-13(7-3-1)19-22-16-12-14(9-10-17(16)25-19)18-23-20(26-24-18)15-8-4-5-11-21-15/h1-12H. The van der Waals surface area contributed by atoms with Crippen LogP contribution in [-0.4, -0.2) is 20.1 Å². The second kappa shape index (κ2) is 5.93. The van der Waals surface area contributed by atoms with Crippen LogP contribution in [0.4, 0.5) is 0 Å². The molecular formula is C20H12N4O2. The lowest BCUT2D eigenvalue weighted by atomic mass is 10.2. The lowest BCUT2D eigenvalue weighted by Crippen LogP contribution is -1.83. The van der Waals surface area contributed by atoms with Crippen LogP contribution in [0.25, 0.3) is 45.5 Å². The van der Waals surface area contributed by atoms with E-state index in [1.54, 1.807) is 6.20 Å². The van der Waals surface area contributed by atoms with Crippen molar-refractivity contribution in [3.63, 3.8) is 0 Å². The van der Waals surface area contributed by atoms with E-state index in [2.05, 4.69) is 20.1 Å². The van der Waals surface area contributed by atoms with Gasteiger partial charge in [-0.15, -0.1) is 0 Å². The fraction of sp³-hybridized carbons (Fsp3) is 0. The van der Waals surface area contributed by atoms with Crippen LogP contribution in [0.15, 0.2) is 81.9 Å².